The van der Waals surface area contributed by atoms with E-state index in [0.29, 0.717) is 23.8 Å². The van der Waals surface area contributed by atoms with E-state index in [1.807, 2.05) is 0 Å². The maximum atomic E-state index is 11.9. The first-order chi connectivity index (χ1) is 11.2. The van der Waals surface area contributed by atoms with E-state index in [9.17, 15) is 4.79 Å². The lowest BCUT2D eigenvalue weighted by Crippen LogP contribution is -2.30. The molecule has 1 atom stereocenters. The molecule has 1 fully saturated rings. The van der Waals surface area contributed by atoms with E-state index in [1.54, 1.807) is 39.5 Å². The number of methoxy groups -OCH3 is 3. The Kier molecular flexibility index (Phi) is 6.29. The number of ether oxygens (including phenoxy) is 4. The summed E-state index contributed by atoms with van der Waals surface area (Å²) in [5.41, 5.74) is 0.784. The summed E-state index contributed by atoms with van der Waals surface area (Å²) in [6.07, 6.45) is 5.37. The third kappa shape index (κ3) is 4.63. The van der Waals surface area contributed by atoms with E-state index in [2.05, 4.69) is 5.32 Å². The van der Waals surface area contributed by atoms with Crippen molar-refractivity contribution in [1.82, 2.24) is 5.32 Å². The summed E-state index contributed by atoms with van der Waals surface area (Å²) in [6, 6.07) is 3.57. The van der Waals surface area contributed by atoms with E-state index in [1.165, 1.54) is 6.08 Å². The van der Waals surface area contributed by atoms with Crippen LogP contribution < -0.4 is 19.5 Å². The Morgan fingerprint density at radius 2 is 1.96 bits per heavy atom. The van der Waals surface area contributed by atoms with E-state index in [0.717, 1.165) is 25.0 Å². The molecule has 126 valence electrons. The molecule has 0 aliphatic carbocycles. The molecule has 1 aromatic carbocycles. The minimum Gasteiger partial charge on any atom is -0.493 e. The van der Waals surface area contributed by atoms with Gasteiger partial charge in [0.25, 0.3) is 0 Å². The van der Waals surface area contributed by atoms with Gasteiger partial charge in [0.05, 0.1) is 27.4 Å². The Bertz CT molecular complexity index is 539. The van der Waals surface area contributed by atoms with Gasteiger partial charge in [-0.05, 0) is 36.6 Å². The van der Waals surface area contributed by atoms with Crippen molar-refractivity contribution in [1.29, 1.82) is 0 Å². The minimum absolute atomic E-state index is 0.133. The van der Waals surface area contributed by atoms with Crippen molar-refractivity contribution >= 4 is 12.0 Å². The Hall–Kier alpha value is -2.21. The van der Waals surface area contributed by atoms with Gasteiger partial charge in [0, 0.05) is 19.2 Å². The molecule has 6 heteroatoms. The zero-order valence-corrected chi connectivity index (χ0v) is 13.8. The number of hydrogen-bond donors (Lipinski definition) is 1. The van der Waals surface area contributed by atoms with Gasteiger partial charge in [-0.15, -0.1) is 0 Å². The van der Waals surface area contributed by atoms with Gasteiger partial charge in [-0.25, -0.2) is 0 Å². The molecule has 0 aromatic heterocycles. The zero-order valence-electron chi connectivity index (χ0n) is 13.8. The lowest BCUT2D eigenvalue weighted by molar-refractivity contribution is -0.116. The number of nitrogens with one attached hydrogen (secondary N) is 1. The van der Waals surface area contributed by atoms with Crippen LogP contribution in [-0.4, -0.2) is 46.5 Å². The van der Waals surface area contributed by atoms with E-state index < -0.39 is 0 Å². The maximum Gasteiger partial charge on any atom is 0.244 e. The molecule has 0 bridgehead atoms. The molecule has 0 radical (unpaired) electrons. The lowest BCUT2D eigenvalue weighted by Gasteiger charge is -2.13. The molecule has 1 amide bonds. The van der Waals surface area contributed by atoms with Crippen LogP contribution in [0.15, 0.2) is 18.2 Å². The zero-order chi connectivity index (χ0) is 16.7. The highest BCUT2D eigenvalue weighted by molar-refractivity contribution is 5.91. The number of carbonyl (C=O) groups is 1. The van der Waals surface area contributed by atoms with Crippen molar-refractivity contribution in [2.24, 2.45) is 0 Å². The largest absolute Gasteiger partial charge is 0.493 e. The molecule has 0 saturated carbocycles. The highest BCUT2D eigenvalue weighted by Gasteiger charge is 2.15. The number of amides is 1. The monoisotopic (exact) mass is 321 g/mol. The summed E-state index contributed by atoms with van der Waals surface area (Å²) in [5.74, 6) is 1.46. The van der Waals surface area contributed by atoms with Gasteiger partial charge in [-0.1, -0.05) is 0 Å². The molecule has 1 N–H and O–H groups in total. The Balaban J connectivity index is 2.01. The molecular formula is C17H23NO5. The summed E-state index contributed by atoms with van der Waals surface area (Å²) in [7, 11) is 4.66. The van der Waals surface area contributed by atoms with Crippen LogP contribution in [0, 0.1) is 0 Å². The van der Waals surface area contributed by atoms with Crippen LogP contribution >= 0.6 is 0 Å². The molecule has 1 heterocycles. The van der Waals surface area contributed by atoms with Crippen LogP contribution in [0.4, 0.5) is 0 Å². The van der Waals surface area contributed by atoms with Gasteiger partial charge in [-0.3, -0.25) is 4.79 Å². The van der Waals surface area contributed by atoms with Crippen LogP contribution in [0.25, 0.3) is 6.08 Å². The highest BCUT2D eigenvalue weighted by Crippen LogP contribution is 2.38. The molecule has 6 nitrogen and oxygen atoms in total. The topological polar surface area (TPSA) is 66.0 Å². The molecule has 1 aliphatic rings. The molecule has 23 heavy (non-hydrogen) atoms. The average molecular weight is 321 g/mol. The van der Waals surface area contributed by atoms with Gasteiger partial charge in [0.15, 0.2) is 11.5 Å². The van der Waals surface area contributed by atoms with Crippen molar-refractivity contribution in [3.63, 3.8) is 0 Å². The fourth-order valence-corrected chi connectivity index (χ4v) is 2.45. The summed E-state index contributed by atoms with van der Waals surface area (Å²) >= 11 is 0. The predicted octanol–water partition coefficient (Wildman–Crippen LogP) is 2.02. The normalized spacial score (nSPS) is 17.3. The quantitative estimate of drug-likeness (QED) is 0.778. The number of carbonyl (C=O) groups excluding carboxylic acids is 1. The van der Waals surface area contributed by atoms with Crippen LogP contribution in [0.1, 0.15) is 18.4 Å². The van der Waals surface area contributed by atoms with Crippen molar-refractivity contribution in [3.05, 3.63) is 23.8 Å². The second-order valence-corrected chi connectivity index (χ2v) is 5.17. The molecule has 1 unspecified atom stereocenters. The third-order valence-corrected chi connectivity index (χ3v) is 3.64. The minimum atomic E-state index is -0.158. The maximum absolute atomic E-state index is 11.9. The van der Waals surface area contributed by atoms with Crippen LogP contribution in [0.5, 0.6) is 17.2 Å². The molecule has 1 saturated heterocycles. The standard InChI is InChI=1S/C17H23NO5/c1-20-14-9-12(10-15(21-2)17(14)22-3)6-7-16(19)18-11-13-5-4-8-23-13/h6-7,9-10,13H,4-5,8,11H2,1-3H3,(H,18,19). The van der Waals surface area contributed by atoms with Crippen LogP contribution in [0.3, 0.4) is 0 Å². The van der Waals surface area contributed by atoms with Gasteiger partial charge in [-0.2, -0.15) is 0 Å². The first-order valence-electron chi connectivity index (χ1n) is 7.55. The summed E-state index contributed by atoms with van der Waals surface area (Å²) in [5, 5.41) is 2.84. The first kappa shape index (κ1) is 17.1. The predicted molar refractivity (Wildman–Crippen MR) is 87.1 cm³/mol. The highest BCUT2D eigenvalue weighted by atomic mass is 16.5. The molecule has 1 aromatic rings. The summed E-state index contributed by atoms with van der Waals surface area (Å²) in [6.45, 7) is 1.32. The first-order valence-corrected chi connectivity index (χ1v) is 7.55. The van der Waals surface area contributed by atoms with Crippen molar-refractivity contribution in [3.8, 4) is 17.2 Å². The van der Waals surface area contributed by atoms with E-state index in [4.69, 9.17) is 18.9 Å². The number of benzene rings is 1. The van der Waals surface area contributed by atoms with E-state index >= 15 is 0 Å². The van der Waals surface area contributed by atoms with Crippen LogP contribution in [0.2, 0.25) is 0 Å². The Morgan fingerprint density at radius 3 is 2.48 bits per heavy atom. The molecule has 0 spiro atoms. The smallest absolute Gasteiger partial charge is 0.244 e. The summed E-state index contributed by atoms with van der Waals surface area (Å²) in [4.78, 5) is 11.9. The summed E-state index contributed by atoms with van der Waals surface area (Å²) < 4.78 is 21.3. The van der Waals surface area contributed by atoms with Gasteiger partial charge in [0.2, 0.25) is 11.7 Å². The van der Waals surface area contributed by atoms with Crippen molar-refractivity contribution in [2.45, 2.75) is 18.9 Å². The molecule has 1 aliphatic heterocycles. The average Bonchev–Trinajstić information content (AvgIpc) is 3.10. The van der Waals surface area contributed by atoms with Gasteiger partial charge < -0.3 is 24.3 Å². The van der Waals surface area contributed by atoms with Crippen molar-refractivity contribution in [2.75, 3.05) is 34.5 Å². The van der Waals surface area contributed by atoms with Crippen molar-refractivity contribution < 1.29 is 23.7 Å². The third-order valence-electron chi connectivity index (χ3n) is 3.64. The molecular weight excluding hydrogens is 298 g/mol. The fraction of sp³-hybridized carbons (Fsp3) is 0.471. The molecule has 2 rings (SSSR count). The number of rotatable bonds is 7. The van der Waals surface area contributed by atoms with Crippen LogP contribution in [-0.2, 0) is 9.53 Å². The van der Waals surface area contributed by atoms with Gasteiger partial charge in [0.1, 0.15) is 0 Å². The van der Waals surface area contributed by atoms with E-state index in [-0.39, 0.29) is 12.0 Å². The number of hydrogen-bond acceptors (Lipinski definition) is 5. The SMILES string of the molecule is COc1cc(C=CC(=O)NCC2CCCO2)cc(OC)c1OC. The van der Waals surface area contributed by atoms with Gasteiger partial charge >= 0.3 is 0 Å². The fourth-order valence-electron chi connectivity index (χ4n) is 2.45. The Morgan fingerprint density at radius 1 is 1.26 bits per heavy atom. The lowest BCUT2D eigenvalue weighted by atomic mass is 10.1. The second-order valence-electron chi connectivity index (χ2n) is 5.17. The Labute approximate surface area is 136 Å². The second kappa shape index (κ2) is 8.43.